The average Bonchev–Trinajstić information content (AvgIpc) is 2.95. The van der Waals surface area contributed by atoms with E-state index >= 15 is 0 Å². The predicted octanol–water partition coefficient (Wildman–Crippen LogP) is 6.44. The van der Waals surface area contributed by atoms with Gasteiger partial charge in [0.2, 0.25) is 0 Å². The first-order chi connectivity index (χ1) is 18.9. The number of hydrogen-bond donors (Lipinski definition) is 2. The molecule has 0 heterocycles. The van der Waals surface area contributed by atoms with Crippen LogP contribution >= 0.6 is 0 Å². The maximum atomic E-state index is 12.5. The quantitative estimate of drug-likeness (QED) is 0.315. The van der Waals surface area contributed by atoms with Crippen LogP contribution in [0.2, 0.25) is 0 Å². The molecule has 2 N–H and O–H groups in total. The van der Waals surface area contributed by atoms with Gasteiger partial charge in [0.05, 0.1) is 12.7 Å². The van der Waals surface area contributed by atoms with E-state index in [9.17, 15) is 9.59 Å². The molecule has 1 amide bonds. The number of esters is 1. The minimum absolute atomic E-state index is 0.106. The van der Waals surface area contributed by atoms with Crippen molar-refractivity contribution in [3.63, 3.8) is 0 Å². The maximum Gasteiger partial charge on any atom is 0.337 e. The standard InChI is InChI=1S/C33H36N2O4/c1-38-31(37)25-6-5-9-28(15-25)35-30(36)20-39-29-12-10-26(11-13-29)33-18-23-14-24(19-33)17-32(16-23,21-33)22-34-27-7-3-2-4-8-27/h2-13,15,23-24,34H,14,16-22H2,1H3,(H,35,36). The fraction of sp³-hybridized carbons (Fsp3) is 0.394. The zero-order valence-corrected chi connectivity index (χ0v) is 22.5. The van der Waals surface area contributed by atoms with E-state index in [0.717, 1.165) is 18.4 Å². The van der Waals surface area contributed by atoms with Crippen molar-refractivity contribution < 1.29 is 19.1 Å². The molecule has 6 nitrogen and oxygen atoms in total. The summed E-state index contributed by atoms with van der Waals surface area (Å²) < 4.78 is 10.6. The molecule has 7 rings (SSSR count). The van der Waals surface area contributed by atoms with Gasteiger partial charge < -0.3 is 20.1 Å². The number of anilines is 2. The van der Waals surface area contributed by atoms with E-state index in [2.05, 4.69) is 53.1 Å². The van der Waals surface area contributed by atoms with E-state index in [-0.39, 0.29) is 17.9 Å². The molecule has 39 heavy (non-hydrogen) atoms. The molecular formula is C33H36N2O4. The molecule has 3 aromatic carbocycles. The SMILES string of the molecule is COC(=O)c1cccc(NC(=O)COc2ccc(C34CC5CC(CC(CNc6ccccc6)(C5)C3)C4)cc2)c1. The number of benzene rings is 3. The number of carbonyl (C=O) groups is 2. The maximum absolute atomic E-state index is 12.5. The van der Waals surface area contributed by atoms with Crippen molar-refractivity contribution in [2.45, 2.75) is 43.9 Å². The predicted molar refractivity (Wildman–Crippen MR) is 152 cm³/mol. The van der Waals surface area contributed by atoms with Gasteiger partial charge in [-0.1, -0.05) is 36.4 Å². The van der Waals surface area contributed by atoms with Crippen molar-refractivity contribution in [3.8, 4) is 5.75 Å². The molecule has 3 aromatic rings. The Labute approximate surface area is 230 Å². The van der Waals surface area contributed by atoms with E-state index < -0.39 is 5.97 Å². The van der Waals surface area contributed by atoms with Gasteiger partial charge in [-0.05, 0) is 109 Å². The van der Waals surface area contributed by atoms with Gasteiger partial charge in [0, 0.05) is 17.9 Å². The summed E-state index contributed by atoms with van der Waals surface area (Å²) in [6, 6.07) is 25.7. The third kappa shape index (κ3) is 5.38. The van der Waals surface area contributed by atoms with Crippen molar-refractivity contribution in [2.24, 2.45) is 17.3 Å². The van der Waals surface area contributed by atoms with Gasteiger partial charge in [0.15, 0.2) is 6.61 Å². The zero-order valence-electron chi connectivity index (χ0n) is 22.5. The normalized spacial score (nSPS) is 26.6. The van der Waals surface area contributed by atoms with Crippen LogP contribution in [0, 0.1) is 17.3 Å². The molecule has 0 radical (unpaired) electrons. The zero-order chi connectivity index (χ0) is 26.9. The summed E-state index contributed by atoms with van der Waals surface area (Å²) >= 11 is 0. The largest absolute Gasteiger partial charge is 0.484 e. The number of amides is 1. The first-order valence-electron chi connectivity index (χ1n) is 13.9. The minimum Gasteiger partial charge on any atom is -0.484 e. The number of para-hydroxylation sites is 1. The number of rotatable bonds is 9. The molecule has 2 unspecified atom stereocenters. The highest BCUT2D eigenvalue weighted by molar-refractivity contribution is 5.95. The average molecular weight is 525 g/mol. The fourth-order valence-electron chi connectivity index (χ4n) is 7.93. The Hall–Kier alpha value is -3.80. The van der Waals surface area contributed by atoms with Gasteiger partial charge in [-0.25, -0.2) is 4.79 Å². The summed E-state index contributed by atoms with van der Waals surface area (Å²) in [5.41, 5.74) is 4.14. The van der Waals surface area contributed by atoms with Crippen LogP contribution in [-0.2, 0) is 14.9 Å². The van der Waals surface area contributed by atoms with Crippen molar-refractivity contribution in [3.05, 3.63) is 90.0 Å². The minimum atomic E-state index is -0.445. The Morgan fingerprint density at radius 3 is 2.31 bits per heavy atom. The van der Waals surface area contributed by atoms with Gasteiger partial charge in [-0.15, -0.1) is 0 Å². The van der Waals surface area contributed by atoms with Crippen LogP contribution in [0.1, 0.15) is 54.4 Å². The van der Waals surface area contributed by atoms with Gasteiger partial charge in [0.1, 0.15) is 5.75 Å². The Morgan fingerprint density at radius 2 is 1.59 bits per heavy atom. The highest BCUT2D eigenvalue weighted by Gasteiger charge is 2.57. The molecule has 0 saturated heterocycles. The summed E-state index contributed by atoms with van der Waals surface area (Å²) in [5.74, 6) is 1.57. The Bertz CT molecular complexity index is 1320. The van der Waals surface area contributed by atoms with E-state index in [1.165, 1.54) is 56.9 Å². The highest BCUT2D eigenvalue weighted by Crippen LogP contribution is 2.65. The molecule has 0 spiro atoms. The lowest BCUT2D eigenvalue weighted by Crippen LogP contribution is -2.56. The van der Waals surface area contributed by atoms with Crippen LogP contribution in [0.3, 0.4) is 0 Å². The first-order valence-corrected chi connectivity index (χ1v) is 13.9. The van der Waals surface area contributed by atoms with Gasteiger partial charge >= 0.3 is 5.97 Å². The number of ether oxygens (including phenoxy) is 2. The monoisotopic (exact) mass is 524 g/mol. The third-order valence-corrected chi connectivity index (χ3v) is 9.03. The second-order valence-electron chi connectivity index (χ2n) is 11.9. The number of hydrogen-bond acceptors (Lipinski definition) is 5. The van der Waals surface area contributed by atoms with Gasteiger partial charge in [-0.3, -0.25) is 4.79 Å². The van der Waals surface area contributed by atoms with E-state index in [0.29, 0.717) is 22.4 Å². The van der Waals surface area contributed by atoms with Crippen molar-refractivity contribution in [1.82, 2.24) is 0 Å². The van der Waals surface area contributed by atoms with Crippen LogP contribution < -0.4 is 15.4 Å². The van der Waals surface area contributed by atoms with E-state index in [4.69, 9.17) is 9.47 Å². The molecule has 6 heteroatoms. The lowest BCUT2D eigenvalue weighted by Gasteiger charge is -2.62. The molecule has 4 aliphatic carbocycles. The Kier molecular flexibility index (Phi) is 6.79. The van der Waals surface area contributed by atoms with E-state index in [1.54, 1.807) is 24.3 Å². The summed E-state index contributed by atoms with van der Waals surface area (Å²) in [4.78, 5) is 24.2. The van der Waals surface area contributed by atoms with Crippen molar-refractivity contribution in [1.29, 1.82) is 0 Å². The molecule has 4 fully saturated rings. The first kappa shape index (κ1) is 25.5. The fourth-order valence-corrected chi connectivity index (χ4v) is 7.93. The molecule has 4 bridgehead atoms. The summed E-state index contributed by atoms with van der Waals surface area (Å²) in [5, 5.41) is 6.54. The molecule has 0 aliphatic heterocycles. The number of methoxy groups -OCH3 is 1. The smallest absolute Gasteiger partial charge is 0.337 e. The summed E-state index contributed by atoms with van der Waals surface area (Å²) in [7, 11) is 1.33. The van der Waals surface area contributed by atoms with Gasteiger partial charge in [-0.2, -0.15) is 0 Å². The van der Waals surface area contributed by atoms with Crippen LogP contribution in [0.4, 0.5) is 11.4 Å². The molecular weight excluding hydrogens is 488 g/mol. The lowest BCUT2D eigenvalue weighted by molar-refractivity contribution is -0.118. The Balaban J connectivity index is 1.09. The van der Waals surface area contributed by atoms with Gasteiger partial charge in [0.25, 0.3) is 5.91 Å². The molecule has 4 aliphatic rings. The number of nitrogens with one attached hydrogen (secondary N) is 2. The molecule has 0 aromatic heterocycles. The highest BCUT2D eigenvalue weighted by atomic mass is 16.5. The second-order valence-corrected chi connectivity index (χ2v) is 11.9. The molecule has 2 atom stereocenters. The lowest BCUT2D eigenvalue weighted by atomic mass is 9.43. The van der Waals surface area contributed by atoms with E-state index in [1.807, 2.05) is 12.1 Å². The second kappa shape index (κ2) is 10.4. The Morgan fingerprint density at radius 1 is 0.872 bits per heavy atom. The third-order valence-electron chi connectivity index (χ3n) is 9.03. The molecule has 202 valence electrons. The van der Waals surface area contributed by atoms with Crippen LogP contribution in [0.25, 0.3) is 0 Å². The molecule has 4 saturated carbocycles. The number of carbonyl (C=O) groups excluding carboxylic acids is 2. The van der Waals surface area contributed by atoms with Crippen LogP contribution in [0.15, 0.2) is 78.9 Å². The summed E-state index contributed by atoms with van der Waals surface area (Å²) in [6.45, 7) is 0.940. The van der Waals surface area contributed by atoms with Crippen LogP contribution in [-0.4, -0.2) is 32.1 Å². The van der Waals surface area contributed by atoms with Crippen molar-refractivity contribution >= 4 is 23.3 Å². The summed E-state index contributed by atoms with van der Waals surface area (Å²) in [6.07, 6.45) is 7.86. The van der Waals surface area contributed by atoms with Crippen LogP contribution in [0.5, 0.6) is 5.75 Å². The van der Waals surface area contributed by atoms with Crippen molar-refractivity contribution in [2.75, 3.05) is 30.9 Å². The topological polar surface area (TPSA) is 76.7 Å².